The lowest BCUT2D eigenvalue weighted by atomic mass is 9.90. The molecule has 4 N–H and O–H groups in total. The van der Waals surface area contributed by atoms with Gasteiger partial charge in [0.2, 0.25) is 11.9 Å². The second kappa shape index (κ2) is 11.5. The molecular weight excluding hydrogens is 566 g/mol. The standard InChI is InChI=1S/C23H26F6N8O4/c1-11(34-14-8-33-35-19(39)17(14)23(27,28)29)10-41-16-3-5-37(20(16)40)15-2-4-36(9-13(15)18(30)38)21-31-6-12(7-32-21)22(24,25)26/h6-8,11,13,15-16H,2-5,9-10H2,1H3,(H2,30,38)(H2,34,35,39)/t11?,13?,15?,16-/m1/s1. The summed E-state index contributed by atoms with van der Waals surface area (Å²) in [7, 11) is 0. The molecule has 2 aliphatic rings. The molecule has 224 valence electrons. The van der Waals surface area contributed by atoms with E-state index < -0.39 is 70.6 Å². The van der Waals surface area contributed by atoms with Crippen molar-refractivity contribution in [2.45, 2.75) is 50.3 Å². The van der Waals surface area contributed by atoms with Gasteiger partial charge in [0.15, 0.2) is 0 Å². The van der Waals surface area contributed by atoms with Crippen LogP contribution in [0.5, 0.6) is 0 Å². The molecule has 4 atom stereocenters. The molecule has 41 heavy (non-hydrogen) atoms. The molecule has 2 aliphatic heterocycles. The molecule has 0 saturated carbocycles. The molecule has 2 saturated heterocycles. The van der Waals surface area contributed by atoms with Gasteiger partial charge in [-0.2, -0.15) is 31.4 Å². The number of carbonyl (C=O) groups is 2. The number of amides is 2. The number of H-pyrrole nitrogens is 1. The Kier molecular flexibility index (Phi) is 8.41. The molecule has 4 heterocycles. The van der Waals surface area contributed by atoms with Crippen molar-refractivity contribution in [3.05, 3.63) is 40.1 Å². The number of alkyl halides is 6. The van der Waals surface area contributed by atoms with Gasteiger partial charge in [0, 0.05) is 50.5 Å². The molecule has 0 radical (unpaired) electrons. The van der Waals surface area contributed by atoms with E-state index in [4.69, 9.17) is 10.5 Å². The molecule has 0 spiro atoms. The maximum atomic E-state index is 13.3. The fourth-order valence-corrected chi connectivity index (χ4v) is 4.92. The zero-order valence-electron chi connectivity index (χ0n) is 21.5. The van der Waals surface area contributed by atoms with Crippen LogP contribution < -0.4 is 21.5 Å². The second-order valence-electron chi connectivity index (χ2n) is 9.75. The summed E-state index contributed by atoms with van der Waals surface area (Å²) in [5.74, 6) is -2.03. The minimum absolute atomic E-state index is 0.0116. The Labute approximate surface area is 228 Å². The number of anilines is 2. The predicted molar refractivity (Wildman–Crippen MR) is 129 cm³/mol. The molecular formula is C23H26F6N8O4. The first-order valence-corrected chi connectivity index (χ1v) is 12.4. The van der Waals surface area contributed by atoms with E-state index in [1.807, 2.05) is 0 Å². The maximum Gasteiger partial charge on any atom is 0.423 e. The van der Waals surface area contributed by atoms with Crippen LogP contribution in [0, 0.1) is 5.92 Å². The summed E-state index contributed by atoms with van der Waals surface area (Å²) in [6.45, 7) is 1.76. The van der Waals surface area contributed by atoms with E-state index in [1.54, 1.807) is 5.10 Å². The SMILES string of the molecule is CC(CO[C@@H]1CCN(C2CCN(c3ncc(C(F)(F)F)cn3)CC2C(N)=O)C1=O)Nc1cn[nH]c(=O)c1C(F)(F)F. The third-order valence-corrected chi connectivity index (χ3v) is 6.87. The van der Waals surface area contributed by atoms with Crippen molar-refractivity contribution < 1.29 is 40.7 Å². The number of aromatic amines is 1. The van der Waals surface area contributed by atoms with Gasteiger partial charge in [-0.25, -0.2) is 15.1 Å². The van der Waals surface area contributed by atoms with E-state index in [0.717, 1.165) is 6.20 Å². The number of rotatable bonds is 8. The molecule has 0 aromatic carbocycles. The van der Waals surface area contributed by atoms with Crippen molar-refractivity contribution in [1.29, 1.82) is 0 Å². The van der Waals surface area contributed by atoms with Crippen molar-refractivity contribution in [2.75, 3.05) is 36.5 Å². The third-order valence-electron chi connectivity index (χ3n) is 6.87. The molecule has 0 aliphatic carbocycles. The second-order valence-corrected chi connectivity index (χ2v) is 9.75. The van der Waals surface area contributed by atoms with E-state index in [9.17, 15) is 40.7 Å². The normalized spacial score (nSPS) is 22.6. The van der Waals surface area contributed by atoms with E-state index in [0.29, 0.717) is 12.4 Å². The van der Waals surface area contributed by atoms with Crippen LogP contribution in [-0.2, 0) is 26.7 Å². The summed E-state index contributed by atoms with van der Waals surface area (Å²) in [5, 5.41) is 7.66. The van der Waals surface area contributed by atoms with Crippen LogP contribution in [0.25, 0.3) is 0 Å². The number of hydrogen-bond donors (Lipinski definition) is 3. The fraction of sp³-hybridized carbons (Fsp3) is 0.565. The third kappa shape index (κ3) is 6.68. The van der Waals surface area contributed by atoms with E-state index in [2.05, 4.69) is 20.4 Å². The highest BCUT2D eigenvalue weighted by atomic mass is 19.4. The lowest BCUT2D eigenvalue weighted by Crippen LogP contribution is -2.56. The number of likely N-dealkylation sites (tertiary alicyclic amines) is 1. The Hall–Kier alpha value is -3.96. The van der Waals surface area contributed by atoms with Crippen molar-refractivity contribution in [1.82, 2.24) is 25.1 Å². The van der Waals surface area contributed by atoms with Crippen molar-refractivity contribution >= 4 is 23.5 Å². The Morgan fingerprint density at radius 3 is 2.41 bits per heavy atom. The zero-order valence-corrected chi connectivity index (χ0v) is 21.5. The van der Waals surface area contributed by atoms with Gasteiger partial charge in [-0.15, -0.1) is 0 Å². The highest BCUT2D eigenvalue weighted by Gasteiger charge is 2.44. The van der Waals surface area contributed by atoms with Gasteiger partial charge < -0.3 is 25.6 Å². The van der Waals surface area contributed by atoms with Crippen LogP contribution in [0.15, 0.2) is 23.4 Å². The quantitative estimate of drug-likeness (QED) is 0.385. The molecule has 3 unspecified atom stereocenters. The monoisotopic (exact) mass is 592 g/mol. The fourth-order valence-electron chi connectivity index (χ4n) is 4.92. The van der Waals surface area contributed by atoms with Crippen LogP contribution in [-0.4, -0.2) is 81.3 Å². The molecule has 12 nitrogen and oxygen atoms in total. The summed E-state index contributed by atoms with van der Waals surface area (Å²) in [6.07, 6.45) is -7.83. The van der Waals surface area contributed by atoms with Crippen LogP contribution in [0.4, 0.5) is 38.0 Å². The number of nitrogens with one attached hydrogen (secondary N) is 2. The number of aromatic nitrogens is 4. The number of nitrogens with two attached hydrogens (primary N) is 1. The average Bonchev–Trinajstić information content (AvgIpc) is 3.25. The number of hydrogen-bond acceptors (Lipinski definition) is 9. The van der Waals surface area contributed by atoms with Crippen molar-refractivity contribution in [2.24, 2.45) is 11.7 Å². The van der Waals surface area contributed by atoms with Crippen molar-refractivity contribution in [3.63, 3.8) is 0 Å². The molecule has 0 bridgehead atoms. The number of primary amides is 1. The molecule has 2 amide bonds. The zero-order chi connectivity index (χ0) is 30.1. The average molecular weight is 593 g/mol. The summed E-state index contributed by atoms with van der Waals surface area (Å²) in [4.78, 5) is 47.6. The van der Waals surface area contributed by atoms with Gasteiger partial charge in [0.05, 0.1) is 30.0 Å². The maximum absolute atomic E-state index is 13.3. The van der Waals surface area contributed by atoms with Crippen LogP contribution in [0.1, 0.15) is 30.9 Å². The largest absolute Gasteiger partial charge is 0.423 e. The first kappa shape index (κ1) is 30.0. The topological polar surface area (TPSA) is 159 Å². The number of carbonyl (C=O) groups excluding carboxylic acids is 2. The van der Waals surface area contributed by atoms with E-state index >= 15 is 0 Å². The predicted octanol–water partition coefficient (Wildman–Crippen LogP) is 1.40. The molecule has 2 aromatic rings. The van der Waals surface area contributed by atoms with E-state index in [1.165, 1.54) is 16.7 Å². The van der Waals surface area contributed by atoms with Gasteiger partial charge in [-0.3, -0.25) is 14.4 Å². The van der Waals surface area contributed by atoms with Crippen LogP contribution in [0.3, 0.4) is 0 Å². The molecule has 2 aromatic heterocycles. The Morgan fingerprint density at radius 2 is 1.80 bits per heavy atom. The van der Waals surface area contributed by atoms with Crippen LogP contribution in [0.2, 0.25) is 0 Å². The summed E-state index contributed by atoms with van der Waals surface area (Å²) >= 11 is 0. The van der Waals surface area contributed by atoms with Gasteiger partial charge in [-0.05, 0) is 13.3 Å². The number of nitrogens with zero attached hydrogens (tertiary/aromatic N) is 5. The number of halogens is 6. The Balaban J connectivity index is 1.36. The molecule has 2 fully saturated rings. The minimum atomic E-state index is -4.92. The highest BCUT2D eigenvalue weighted by molar-refractivity contribution is 5.85. The molecule has 4 rings (SSSR count). The van der Waals surface area contributed by atoms with Crippen LogP contribution >= 0.6 is 0 Å². The smallest absolute Gasteiger partial charge is 0.378 e. The first-order chi connectivity index (χ1) is 19.2. The Morgan fingerprint density at radius 1 is 1.12 bits per heavy atom. The van der Waals surface area contributed by atoms with E-state index in [-0.39, 0.29) is 45.0 Å². The van der Waals surface area contributed by atoms with Gasteiger partial charge in [0.1, 0.15) is 11.7 Å². The number of piperidine rings is 1. The lowest BCUT2D eigenvalue weighted by Gasteiger charge is -2.41. The summed E-state index contributed by atoms with van der Waals surface area (Å²) in [6, 6.07) is -1.35. The first-order valence-electron chi connectivity index (χ1n) is 12.4. The summed E-state index contributed by atoms with van der Waals surface area (Å²) < 4.78 is 84.0. The van der Waals surface area contributed by atoms with Gasteiger partial charge in [-0.1, -0.05) is 0 Å². The number of ether oxygens (including phenoxy) is 1. The summed E-state index contributed by atoms with van der Waals surface area (Å²) in [5.41, 5.74) is 1.21. The molecule has 18 heteroatoms. The highest BCUT2D eigenvalue weighted by Crippen LogP contribution is 2.33. The Bertz CT molecular complexity index is 1320. The van der Waals surface area contributed by atoms with Gasteiger partial charge >= 0.3 is 12.4 Å². The lowest BCUT2D eigenvalue weighted by molar-refractivity contribution is -0.141. The van der Waals surface area contributed by atoms with Crippen molar-refractivity contribution in [3.8, 4) is 0 Å². The minimum Gasteiger partial charge on any atom is -0.378 e. The van der Waals surface area contributed by atoms with Gasteiger partial charge in [0.25, 0.3) is 11.5 Å².